The van der Waals surface area contributed by atoms with Gasteiger partial charge in [0.2, 0.25) is 0 Å². The molecule has 0 bridgehead atoms. The Balaban J connectivity index is 2.11. The predicted octanol–water partition coefficient (Wildman–Crippen LogP) is 3.69. The Labute approximate surface area is 125 Å². The van der Waals surface area contributed by atoms with Crippen LogP contribution in [0.3, 0.4) is 0 Å². The van der Waals surface area contributed by atoms with E-state index in [1.807, 2.05) is 13.1 Å². The second kappa shape index (κ2) is 5.35. The van der Waals surface area contributed by atoms with Crippen LogP contribution in [-0.4, -0.2) is 24.1 Å². The second-order valence-electron chi connectivity index (χ2n) is 5.66. The molecule has 3 rings (SSSR count). The summed E-state index contributed by atoms with van der Waals surface area (Å²) in [6.45, 7) is 4.15. The number of hydrogen-bond donors (Lipinski definition) is 1. The van der Waals surface area contributed by atoms with Crippen molar-refractivity contribution >= 4 is 5.82 Å². The Morgan fingerprint density at radius 3 is 2.48 bits per heavy atom. The third-order valence-corrected chi connectivity index (χ3v) is 3.96. The van der Waals surface area contributed by atoms with Gasteiger partial charge >= 0.3 is 0 Å². The molecular formula is C17H21N3O. The monoisotopic (exact) mass is 283 g/mol. The summed E-state index contributed by atoms with van der Waals surface area (Å²) in [5.74, 6) is 3.30. The normalized spacial score (nSPS) is 14.1. The van der Waals surface area contributed by atoms with Crippen molar-refractivity contribution in [2.45, 2.75) is 32.6 Å². The van der Waals surface area contributed by atoms with Crippen molar-refractivity contribution < 1.29 is 4.74 Å². The molecule has 110 valence electrons. The van der Waals surface area contributed by atoms with Crippen LogP contribution in [0.2, 0.25) is 0 Å². The van der Waals surface area contributed by atoms with Crippen molar-refractivity contribution in [1.82, 2.24) is 9.97 Å². The van der Waals surface area contributed by atoms with Gasteiger partial charge in [-0.25, -0.2) is 9.97 Å². The van der Waals surface area contributed by atoms with E-state index in [4.69, 9.17) is 9.72 Å². The predicted molar refractivity (Wildman–Crippen MR) is 85.0 cm³/mol. The topological polar surface area (TPSA) is 47.0 Å². The summed E-state index contributed by atoms with van der Waals surface area (Å²) in [7, 11) is 3.60. The first kappa shape index (κ1) is 13.9. The van der Waals surface area contributed by atoms with Crippen LogP contribution >= 0.6 is 0 Å². The van der Waals surface area contributed by atoms with Gasteiger partial charge in [-0.1, -0.05) is 0 Å². The van der Waals surface area contributed by atoms with Crippen molar-refractivity contribution in [3.05, 3.63) is 35.2 Å². The highest BCUT2D eigenvalue weighted by atomic mass is 16.5. The Morgan fingerprint density at radius 1 is 1.10 bits per heavy atom. The highest BCUT2D eigenvalue weighted by molar-refractivity contribution is 5.68. The highest BCUT2D eigenvalue weighted by Crippen LogP contribution is 2.39. The zero-order chi connectivity index (χ0) is 15.0. The van der Waals surface area contributed by atoms with Gasteiger partial charge in [-0.15, -0.1) is 0 Å². The first-order valence-corrected chi connectivity index (χ1v) is 7.34. The highest BCUT2D eigenvalue weighted by Gasteiger charge is 2.27. The van der Waals surface area contributed by atoms with Crippen molar-refractivity contribution in [1.29, 1.82) is 0 Å². The molecule has 0 aliphatic heterocycles. The van der Waals surface area contributed by atoms with E-state index in [1.165, 1.54) is 18.4 Å². The minimum atomic E-state index is 0.539. The number of nitrogens with one attached hydrogen (secondary N) is 1. The summed E-state index contributed by atoms with van der Waals surface area (Å²) in [6, 6.07) is 6.23. The fraction of sp³-hybridized carbons (Fsp3) is 0.412. The zero-order valence-electron chi connectivity index (χ0n) is 13.0. The van der Waals surface area contributed by atoms with E-state index in [-0.39, 0.29) is 0 Å². The van der Waals surface area contributed by atoms with Gasteiger partial charge < -0.3 is 10.1 Å². The molecule has 4 heteroatoms. The number of rotatable bonds is 4. The standard InChI is InChI=1S/C17H21N3O/c1-10-8-15(21-4)11(2)7-13(10)14-9-16(18-3)20-17(19-14)12-5-6-12/h7-9,12H,5-6H2,1-4H3,(H,18,19,20). The van der Waals surface area contributed by atoms with Crippen molar-refractivity contribution in [3.63, 3.8) is 0 Å². The molecular weight excluding hydrogens is 262 g/mol. The van der Waals surface area contributed by atoms with Crippen molar-refractivity contribution in [2.24, 2.45) is 0 Å². The number of anilines is 1. The first-order chi connectivity index (χ1) is 10.1. The molecule has 1 aliphatic carbocycles. The molecule has 0 spiro atoms. The lowest BCUT2D eigenvalue weighted by molar-refractivity contribution is 0.411. The molecule has 4 nitrogen and oxygen atoms in total. The Hall–Kier alpha value is -2.10. The van der Waals surface area contributed by atoms with E-state index >= 15 is 0 Å². The van der Waals surface area contributed by atoms with Gasteiger partial charge in [-0.05, 0) is 49.9 Å². The number of ether oxygens (including phenoxy) is 1. The summed E-state index contributed by atoms with van der Waals surface area (Å²) in [4.78, 5) is 9.36. The van der Waals surface area contributed by atoms with E-state index in [0.29, 0.717) is 5.92 Å². The molecule has 0 radical (unpaired) electrons. The maximum absolute atomic E-state index is 5.39. The lowest BCUT2D eigenvalue weighted by Gasteiger charge is -2.13. The van der Waals surface area contributed by atoms with Gasteiger partial charge in [0, 0.05) is 24.6 Å². The summed E-state index contributed by atoms with van der Waals surface area (Å²) in [5, 5.41) is 3.14. The minimum absolute atomic E-state index is 0.539. The number of aromatic nitrogens is 2. The molecule has 1 heterocycles. The second-order valence-corrected chi connectivity index (χ2v) is 5.66. The molecule has 21 heavy (non-hydrogen) atoms. The van der Waals surface area contributed by atoms with Crippen molar-refractivity contribution in [3.8, 4) is 17.0 Å². The van der Waals surface area contributed by atoms with Crippen LogP contribution in [0.5, 0.6) is 5.75 Å². The quantitative estimate of drug-likeness (QED) is 0.929. The minimum Gasteiger partial charge on any atom is -0.496 e. The Morgan fingerprint density at radius 2 is 1.86 bits per heavy atom. The maximum Gasteiger partial charge on any atom is 0.134 e. The van der Waals surface area contributed by atoms with Gasteiger partial charge in [0.1, 0.15) is 17.4 Å². The summed E-state index contributed by atoms with van der Waals surface area (Å²) in [5.41, 5.74) is 4.42. The molecule has 1 aromatic heterocycles. The lowest BCUT2D eigenvalue weighted by Crippen LogP contribution is -2.01. The summed E-state index contributed by atoms with van der Waals surface area (Å²) in [6.07, 6.45) is 2.40. The third kappa shape index (κ3) is 2.71. The Kier molecular flexibility index (Phi) is 3.53. The van der Waals surface area contributed by atoms with Crippen LogP contribution in [0.4, 0.5) is 5.82 Å². The average Bonchev–Trinajstić information content (AvgIpc) is 3.33. The third-order valence-electron chi connectivity index (χ3n) is 3.96. The molecule has 1 aromatic carbocycles. The molecule has 1 N–H and O–H groups in total. The van der Waals surface area contributed by atoms with Crippen LogP contribution in [-0.2, 0) is 0 Å². The Bertz CT molecular complexity index is 678. The van der Waals surface area contributed by atoms with E-state index in [9.17, 15) is 0 Å². The number of nitrogens with zero attached hydrogens (tertiary/aromatic N) is 2. The molecule has 1 saturated carbocycles. The molecule has 1 fully saturated rings. The molecule has 2 aromatic rings. The smallest absolute Gasteiger partial charge is 0.134 e. The van der Waals surface area contributed by atoms with E-state index in [0.717, 1.165) is 34.2 Å². The maximum atomic E-state index is 5.39. The zero-order valence-corrected chi connectivity index (χ0v) is 13.0. The molecule has 0 unspecified atom stereocenters. The SMILES string of the molecule is CNc1cc(-c2cc(C)c(OC)cc2C)nc(C2CC2)n1. The number of hydrogen-bond acceptors (Lipinski definition) is 4. The van der Waals surface area contributed by atoms with Crippen LogP contribution in [0.25, 0.3) is 11.3 Å². The van der Waals surface area contributed by atoms with Crippen LogP contribution in [0.1, 0.15) is 35.7 Å². The van der Waals surface area contributed by atoms with Gasteiger partial charge in [0.15, 0.2) is 0 Å². The van der Waals surface area contributed by atoms with Gasteiger partial charge in [0.05, 0.1) is 12.8 Å². The van der Waals surface area contributed by atoms with Gasteiger partial charge in [-0.3, -0.25) is 0 Å². The lowest BCUT2D eigenvalue weighted by atomic mass is 10.0. The van der Waals surface area contributed by atoms with Crippen LogP contribution in [0, 0.1) is 13.8 Å². The molecule has 0 saturated heterocycles. The largest absolute Gasteiger partial charge is 0.496 e. The number of methoxy groups -OCH3 is 1. The summed E-state index contributed by atoms with van der Waals surface area (Å²) < 4.78 is 5.39. The van der Waals surface area contributed by atoms with Crippen LogP contribution in [0.15, 0.2) is 18.2 Å². The van der Waals surface area contributed by atoms with E-state index < -0.39 is 0 Å². The van der Waals surface area contributed by atoms with Gasteiger partial charge in [-0.2, -0.15) is 0 Å². The fourth-order valence-corrected chi connectivity index (χ4v) is 2.54. The summed E-state index contributed by atoms with van der Waals surface area (Å²) >= 11 is 0. The molecule has 0 atom stereocenters. The van der Waals surface area contributed by atoms with Gasteiger partial charge in [0.25, 0.3) is 0 Å². The number of benzene rings is 1. The molecule has 1 aliphatic rings. The van der Waals surface area contributed by atoms with Crippen LogP contribution < -0.4 is 10.1 Å². The van der Waals surface area contributed by atoms with E-state index in [2.05, 4.69) is 36.3 Å². The van der Waals surface area contributed by atoms with E-state index in [1.54, 1.807) is 7.11 Å². The average molecular weight is 283 g/mol. The number of aryl methyl sites for hydroxylation is 2. The fourth-order valence-electron chi connectivity index (χ4n) is 2.54. The van der Waals surface area contributed by atoms with Crippen molar-refractivity contribution in [2.75, 3.05) is 19.5 Å². The first-order valence-electron chi connectivity index (χ1n) is 7.34. The molecule has 0 amide bonds.